The number of halogens is 3. The molecule has 10 heteroatoms. The molecule has 1 aromatic rings. The minimum absolute atomic E-state index is 0.0462. The van der Waals surface area contributed by atoms with E-state index in [1.165, 1.54) is 34.3 Å². The second kappa shape index (κ2) is 9.17. The molecule has 1 heterocycles. The van der Waals surface area contributed by atoms with Crippen molar-refractivity contribution in [2.45, 2.75) is 19.1 Å². The normalized spacial score (nSPS) is 15.0. The van der Waals surface area contributed by atoms with Gasteiger partial charge in [0, 0.05) is 38.2 Å². The number of rotatable bonds is 6. The molecule has 0 unspecified atom stereocenters. The predicted molar refractivity (Wildman–Crippen MR) is 104 cm³/mol. The lowest BCUT2D eigenvalue weighted by atomic mass is 10.2. The fraction of sp³-hybridized carbons (Fsp3) is 0.474. The molecule has 0 radical (unpaired) electrons. The van der Waals surface area contributed by atoms with Gasteiger partial charge in [-0.15, -0.1) is 0 Å². The Labute approximate surface area is 168 Å². The number of benzene rings is 1. The summed E-state index contributed by atoms with van der Waals surface area (Å²) in [6, 6.07) is 3.64. The number of carbonyl (C=O) groups is 2. The van der Waals surface area contributed by atoms with Gasteiger partial charge < -0.3 is 20.0 Å². The van der Waals surface area contributed by atoms with Crippen LogP contribution in [0, 0.1) is 0 Å². The minimum Gasteiger partial charge on any atom is -0.343 e. The van der Waals surface area contributed by atoms with Crippen molar-refractivity contribution in [3.8, 4) is 0 Å². The van der Waals surface area contributed by atoms with Crippen LogP contribution in [0.5, 0.6) is 0 Å². The van der Waals surface area contributed by atoms with Crippen molar-refractivity contribution in [3.63, 3.8) is 0 Å². The Morgan fingerprint density at radius 1 is 1.17 bits per heavy atom. The van der Waals surface area contributed by atoms with Gasteiger partial charge in [-0.25, -0.2) is 4.79 Å². The molecule has 0 bridgehead atoms. The predicted octanol–water partition coefficient (Wildman–Crippen LogP) is 2.37. The number of likely N-dealkylation sites (N-methyl/N-ethyl adjacent to an activating group) is 2. The van der Waals surface area contributed by atoms with Crippen LogP contribution in [0.4, 0.5) is 23.7 Å². The quantitative estimate of drug-likeness (QED) is 0.778. The highest BCUT2D eigenvalue weighted by Gasteiger charge is 2.31. The first kappa shape index (κ1) is 22.5. The molecule has 1 aromatic carbocycles. The van der Waals surface area contributed by atoms with Crippen molar-refractivity contribution in [1.82, 2.24) is 20.0 Å². The van der Waals surface area contributed by atoms with Crippen molar-refractivity contribution in [2.24, 2.45) is 0 Å². The first-order valence-corrected chi connectivity index (χ1v) is 9.08. The van der Waals surface area contributed by atoms with Gasteiger partial charge >= 0.3 is 12.2 Å². The summed E-state index contributed by atoms with van der Waals surface area (Å²) < 4.78 is 38.7. The molecular formula is C19H26F3N5O2. The molecule has 29 heavy (non-hydrogen) atoms. The molecular weight excluding hydrogens is 387 g/mol. The lowest BCUT2D eigenvalue weighted by molar-refractivity contribution is -0.137. The van der Waals surface area contributed by atoms with E-state index in [9.17, 15) is 22.8 Å². The van der Waals surface area contributed by atoms with Gasteiger partial charge in [0.25, 0.3) is 0 Å². The SMILES string of the molecule is C[C@H](NC(=O)N1C=CN(c2cccc(C(F)(F)F)c2)C1)C(=O)N(C)CCN(C)C. The number of carbonyl (C=O) groups excluding carboxylic acids is 2. The molecule has 3 amide bonds. The highest BCUT2D eigenvalue weighted by molar-refractivity contribution is 5.87. The van der Waals surface area contributed by atoms with E-state index >= 15 is 0 Å². The number of nitrogens with one attached hydrogen (secondary N) is 1. The molecule has 160 valence electrons. The molecule has 0 aliphatic carbocycles. The van der Waals surface area contributed by atoms with Crippen LogP contribution in [0.3, 0.4) is 0 Å². The van der Waals surface area contributed by atoms with Crippen LogP contribution < -0.4 is 10.2 Å². The van der Waals surface area contributed by atoms with E-state index in [-0.39, 0.29) is 12.6 Å². The zero-order chi connectivity index (χ0) is 21.8. The Bertz CT molecular complexity index is 766. The number of hydrogen-bond acceptors (Lipinski definition) is 4. The van der Waals surface area contributed by atoms with Gasteiger partial charge in [0.1, 0.15) is 12.7 Å². The summed E-state index contributed by atoms with van der Waals surface area (Å²) in [5.74, 6) is -0.224. The third-order valence-electron chi connectivity index (χ3n) is 4.47. The molecule has 0 fully saturated rings. The summed E-state index contributed by atoms with van der Waals surface area (Å²) >= 11 is 0. The van der Waals surface area contributed by atoms with E-state index in [1.54, 1.807) is 18.9 Å². The van der Waals surface area contributed by atoms with Gasteiger partial charge in [-0.3, -0.25) is 9.69 Å². The van der Waals surface area contributed by atoms with Crippen LogP contribution in [0.15, 0.2) is 36.7 Å². The minimum atomic E-state index is -4.44. The van der Waals surface area contributed by atoms with Crippen molar-refractivity contribution < 1.29 is 22.8 Å². The zero-order valence-electron chi connectivity index (χ0n) is 16.9. The second-order valence-electron chi connectivity index (χ2n) is 7.16. The fourth-order valence-electron chi connectivity index (χ4n) is 2.70. The highest BCUT2D eigenvalue weighted by Crippen LogP contribution is 2.32. The molecule has 1 N–H and O–H groups in total. The average molecular weight is 413 g/mol. The summed E-state index contributed by atoms with van der Waals surface area (Å²) in [5.41, 5.74) is -0.440. The van der Waals surface area contributed by atoms with Crippen LogP contribution in [-0.2, 0) is 11.0 Å². The van der Waals surface area contributed by atoms with E-state index in [0.717, 1.165) is 12.1 Å². The van der Waals surface area contributed by atoms with Gasteiger partial charge in [0.05, 0.1) is 5.56 Å². The lowest BCUT2D eigenvalue weighted by Gasteiger charge is -2.25. The Morgan fingerprint density at radius 3 is 2.48 bits per heavy atom. The molecule has 0 saturated heterocycles. The second-order valence-corrected chi connectivity index (χ2v) is 7.16. The average Bonchev–Trinajstić information content (AvgIpc) is 3.15. The smallest absolute Gasteiger partial charge is 0.343 e. The number of alkyl halides is 3. The van der Waals surface area contributed by atoms with E-state index in [0.29, 0.717) is 18.8 Å². The molecule has 0 aromatic heterocycles. The Morgan fingerprint density at radius 2 is 1.86 bits per heavy atom. The maximum atomic E-state index is 12.9. The Kier molecular flexibility index (Phi) is 7.12. The van der Waals surface area contributed by atoms with E-state index in [4.69, 9.17) is 0 Å². The monoisotopic (exact) mass is 413 g/mol. The summed E-state index contributed by atoms with van der Waals surface area (Å²) in [4.78, 5) is 31.1. The first-order valence-electron chi connectivity index (χ1n) is 9.08. The summed E-state index contributed by atoms with van der Waals surface area (Å²) in [6.07, 6.45) is -1.46. The van der Waals surface area contributed by atoms with Crippen molar-refractivity contribution in [3.05, 3.63) is 42.2 Å². The van der Waals surface area contributed by atoms with Crippen molar-refractivity contribution in [1.29, 1.82) is 0 Å². The van der Waals surface area contributed by atoms with Crippen LogP contribution in [0.2, 0.25) is 0 Å². The highest BCUT2D eigenvalue weighted by atomic mass is 19.4. The largest absolute Gasteiger partial charge is 0.416 e. The van der Waals surface area contributed by atoms with Gasteiger partial charge in [-0.05, 0) is 39.2 Å². The Hall–Kier alpha value is -2.75. The molecule has 1 aliphatic heterocycles. The van der Waals surface area contributed by atoms with Crippen LogP contribution in [-0.4, -0.2) is 73.6 Å². The maximum Gasteiger partial charge on any atom is 0.416 e. The van der Waals surface area contributed by atoms with Crippen molar-refractivity contribution in [2.75, 3.05) is 45.8 Å². The standard InChI is InChI=1S/C19H26F3N5O2/c1-14(17(28)25(4)9-8-24(2)3)23-18(29)27-11-10-26(13-27)16-7-5-6-15(12-16)19(20,21)22/h5-7,10-12,14H,8-9,13H2,1-4H3,(H,23,29)/t14-/m0/s1. The topological polar surface area (TPSA) is 59.1 Å². The number of amides is 3. The van der Waals surface area contributed by atoms with Crippen molar-refractivity contribution >= 4 is 17.6 Å². The number of nitrogens with zero attached hydrogens (tertiary/aromatic N) is 4. The van der Waals surface area contributed by atoms with Gasteiger partial charge in [0.2, 0.25) is 5.91 Å². The molecule has 7 nitrogen and oxygen atoms in total. The molecule has 0 spiro atoms. The Balaban J connectivity index is 1.92. The zero-order valence-corrected chi connectivity index (χ0v) is 16.9. The third-order valence-corrected chi connectivity index (χ3v) is 4.47. The number of anilines is 1. The van der Waals surface area contributed by atoms with Gasteiger partial charge in [-0.1, -0.05) is 6.07 Å². The molecule has 2 rings (SSSR count). The van der Waals surface area contributed by atoms with E-state index < -0.39 is 23.8 Å². The molecule has 1 aliphatic rings. The maximum absolute atomic E-state index is 12.9. The summed E-state index contributed by atoms with van der Waals surface area (Å²) in [5, 5.41) is 2.62. The lowest BCUT2D eigenvalue weighted by Crippen LogP contribution is -2.50. The van der Waals surface area contributed by atoms with Crippen LogP contribution in [0.1, 0.15) is 12.5 Å². The molecule has 1 atom stereocenters. The van der Waals surface area contributed by atoms with E-state index in [2.05, 4.69) is 5.32 Å². The first-order chi connectivity index (χ1) is 13.5. The van der Waals surface area contributed by atoms with Crippen LogP contribution >= 0.6 is 0 Å². The van der Waals surface area contributed by atoms with Gasteiger partial charge in [-0.2, -0.15) is 13.2 Å². The summed E-state index contributed by atoms with van der Waals surface area (Å²) in [7, 11) is 5.47. The van der Waals surface area contributed by atoms with Crippen LogP contribution in [0.25, 0.3) is 0 Å². The van der Waals surface area contributed by atoms with E-state index in [1.807, 2.05) is 19.0 Å². The molecule has 0 saturated carbocycles. The number of urea groups is 1. The van der Waals surface area contributed by atoms with Gasteiger partial charge in [0.15, 0.2) is 0 Å². The fourth-order valence-corrected chi connectivity index (χ4v) is 2.70. The number of hydrogen-bond donors (Lipinski definition) is 1. The summed E-state index contributed by atoms with van der Waals surface area (Å²) in [6.45, 7) is 2.87. The third kappa shape index (κ3) is 6.11.